The molecule has 16 heavy (non-hydrogen) atoms. The quantitative estimate of drug-likeness (QED) is 0.403. The summed E-state index contributed by atoms with van der Waals surface area (Å²) < 4.78 is 16.1. The molecule has 0 aliphatic rings. The van der Waals surface area contributed by atoms with Gasteiger partial charge in [0.05, 0.1) is 25.9 Å². The van der Waals surface area contributed by atoms with Gasteiger partial charge in [0.15, 0.2) is 0 Å². The van der Waals surface area contributed by atoms with Gasteiger partial charge in [-0.05, 0) is 33.6 Å². The lowest BCUT2D eigenvalue weighted by Gasteiger charge is -2.07. The Kier molecular flexibility index (Phi) is 10.9. The Labute approximate surface area is 99.8 Å². The van der Waals surface area contributed by atoms with Gasteiger partial charge in [-0.1, -0.05) is 12.2 Å². The molecule has 0 bridgehead atoms. The van der Waals surface area contributed by atoms with Crippen molar-refractivity contribution in [1.29, 1.82) is 0 Å². The molecule has 0 unspecified atom stereocenters. The monoisotopic (exact) mass is 230 g/mol. The van der Waals surface area contributed by atoms with Crippen LogP contribution < -0.4 is 0 Å². The van der Waals surface area contributed by atoms with E-state index in [4.69, 9.17) is 14.2 Å². The third kappa shape index (κ3) is 13.6. The van der Waals surface area contributed by atoms with Crippen LogP contribution in [0.5, 0.6) is 0 Å². The van der Waals surface area contributed by atoms with Crippen molar-refractivity contribution in [2.24, 2.45) is 0 Å². The molecule has 0 fully saturated rings. The summed E-state index contributed by atoms with van der Waals surface area (Å²) in [7, 11) is 0. The standard InChI is InChI=1S/C13H26O3/c1-12(2)11-15-10-9-14-7-5-6-8-16-13(3)4/h13H,1,5-11H2,2-4H3. The zero-order valence-corrected chi connectivity index (χ0v) is 11.0. The van der Waals surface area contributed by atoms with Gasteiger partial charge in [-0.2, -0.15) is 0 Å². The van der Waals surface area contributed by atoms with Crippen molar-refractivity contribution in [1.82, 2.24) is 0 Å². The molecule has 0 rings (SSSR count). The molecular weight excluding hydrogens is 204 g/mol. The summed E-state index contributed by atoms with van der Waals surface area (Å²) in [6, 6.07) is 0. The van der Waals surface area contributed by atoms with E-state index in [-0.39, 0.29) is 0 Å². The van der Waals surface area contributed by atoms with Gasteiger partial charge in [-0.15, -0.1) is 0 Å². The van der Waals surface area contributed by atoms with E-state index < -0.39 is 0 Å². The predicted octanol–water partition coefficient (Wildman–Crippen LogP) is 2.80. The van der Waals surface area contributed by atoms with E-state index >= 15 is 0 Å². The molecule has 0 aromatic carbocycles. The van der Waals surface area contributed by atoms with Crippen LogP contribution >= 0.6 is 0 Å². The Hall–Kier alpha value is -0.380. The average Bonchev–Trinajstić information content (AvgIpc) is 2.20. The summed E-state index contributed by atoms with van der Waals surface area (Å²) in [4.78, 5) is 0. The molecule has 0 saturated heterocycles. The maximum Gasteiger partial charge on any atom is 0.0704 e. The number of rotatable bonds is 11. The molecule has 0 aromatic rings. The van der Waals surface area contributed by atoms with Crippen LogP contribution in [0.4, 0.5) is 0 Å². The number of ether oxygens (including phenoxy) is 3. The van der Waals surface area contributed by atoms with Crippen LogP contribution in [0.25, 0.3) is 0 Å². The van der Waals surface area contributed by atoms with E-state index in [1.807, 2.05) is 6.92 Å². The minimum absolute atomic E-state index is 0.330. The van der Waals surface area contributed by atoms with E-state index in [0.29, 0.717) is 25.9 Å². The number of hydrogen-bond acceptors (Lipinski definition) is 3. The number of unbranched alkanes of at least 4 members (excludes halogenated alkanes) is 1. The second-order valence-corrected chi connectivity index (χ2v) is 4.25. The van der Waals surface area contributed by atoms with Crippen molar-refractivity contribution in [3.8, 4) is 0 Å². The van der Waals surface area contributed by atoms with Crippen molar-refractivity contribution >= 4 is 0 Å². The number of hydrogen-bond donors (Lipinski definition) is 0. The second-order valence-electron chi connectivity index (χ2n) is 4.25. The highest BCUT2D eigenvalue weighted by Gasteiger charge is 1.94. The molecule has 3 nitrogen and oxygen atoms in total. The van der Waals surface area contributed by atoms with Crippen molar-refractivity contribution in [3.05, 3.63) is 12.2 Å². The molecule has 0 radical (unpaired) electrons. The summed E-state index contributed by atoms with van der Waals surface area (Å²) in [5, 5.41) is 0. The SMILES string of the molecule is C=C(C)COCCOCCCCOC(C)C. The predicted molar refractivity (Wildman–Crippen MR) is 66.8 cm³/mol. The molecule has 0 N–H and O–H groups in total. The highest BCUT2D eigenvalue weighted by molar-refractivity contribution is 4.87. The van der Waals surface area contributed by atoms with E-state index in [9.17, 15) is 0 Å². The minimum Gasteiger partial charge on any atom is -0.379 e. The lowest BCUT2D eigenvalue weighted by molar-refractivity contribution is 0.0445. The van der Waals surface area contributed by atoms with Crippen LogP contribution in [0.2, 0.25) is 0 Å². The fraction of sp³-hybridized carbons (Fsp3) is 0.846. The van der Waals surface area contributed by atoms with Crippen LogP contribution in [0, 0.1) is 0 Å². The second kappa shape index (κ2) is 11.1. The Balaban J connectivity index is 2.96. The topological polar surface area (TPSA) is 27.7 Å². The highest BCUT2D eigenvalue weighted by atomic mass is 16.5. The molecule has 0 aliphatic carbocycles. The van der Waals surface area contributed by atoms with E-state index in [1.165, 1.54) is 0 Å². The fourth-order valence-electron chi connectivity index (χ4n) is 1.09. The first-order valence-electron chi connectivity index (χ1n) is 6.04. The summed E-state index contributed by atoms with van der Waals surface area (Å²) in [6.45, 7) is 13.4. The molecule has 0 heterocycles. The lowest BCUT2D eigenvalue weighted by Crippen LogP contribution is -2.08. The first-order chi connectivity index (χ1) is 7.63. The average molecular weight is 230 g/mol. The van der Waals surface area contributed by atoms with Crippen LogP contribution in [0.3, 0.4) is 0 Å². The van der Waals surface area contributed by atoms with E-state index in [1.54, 1.807) is 0 Å². The van der Waals surface area contributed by atoms with Crippen molar-refractivity contribution in [3.63, 3.8) is 0 Å². The normalized spacial score (nSPS) is 11.0. The Morgan fingerprint density at radius 2 is 1.62 bits per heavy atom. The summed E-state index contributed by atoms with van der Waals surface area (Å²) in [6.07, 6.45) is 2.44. The van der Waals surface area contributed by atoms with Crippen molar-refractivity contribution in [2.75, 3.05) is 33.0 Å². The molecule has 0 atom stereocenters. The van der Waals surface area contributed by atoms with Gasteiger partial charge in [-0.3, -0.25) is 0 Å². The maximum atomic E-state index is 5.42. The molecule has 0 saturated carbocycles. The zero-order chi connectivity index (χ0) is 12.2. The summed E-state index contributed by atoms with van der Waals surface area (Å²) in [5.74, 6) is 0. The van der Waals surface area contributed by atoms with E-state index in [2.05, 4.69) is 20.4 Å². The molecule has 96 valence electrons. The van der Waals surface area contributed by atoms with Crippen LogP contribution in [0.1, 0.15) is 33.6 Å². The van der Waals surface area contributed by atoms with Crippen LogP contribution in [0.15, 0.2) is 12.2 Å². The van der Waals surface area contributed by atoms with Gasteiger partial charge in [0, 0.05) is 13.2 Å². The van der Waals surface area contributed by atoms with Gasteiger partial charge in [-0.25, -0.2) is 0 Å². The van der Waals surface area contributed by atoms with Gasteiger partial charge in [0.2, 0.25) is 0 Å². The molecule has 3 heteroatoms. The maximum absolute atomic E-state index is 5.42. The van der Waals surface area contributed by atoms with Gasteiger partial charge in [0.1, 0.15) is 0 Å². The highest BCUT2D eigenvalue weighted by Crippen LogP contribution is 1.95. The first kappa shape index (κ1) is 15.6. The van der Waals surface area contributed by atoms with Crippen molar-refractivity contribution in [2.45, 2.75) is 39.7 Å². The minimum atomic E-state index is 0.330. The van der Waals surface area contributed by atoms with Gasteiger partial charge >= 0.3 is 0 Å². The third-order valence-corrected chi connectivity index (χ3v) is 1.85. The third-order valence-electron chi connectivity index (χ3n) is 1.85. The van der Waals surface area contributed by atoms with Crippen molar-refractivity contribution < 1.29 is 14.2 Å². The van der Waals surface area contributed by atoms with E-state index in [0.717, 1.165) is 31.6 Å². The van der Waals surface area contributed by atoms with Crippen LogP contribution in [-0.2, 0) is 14.2 Å². The lowest BCUT2D eigenvalue weighted by atomic mass is 10.3. The summed E-state index contributed by atoms with van der Waals surface area (Å²) in [5.41, 5.74) is 1.05. The molecule has 0 spiro atoms. The Bertz CT molecular complexity index is 167. The largest absolute Gasteiger partial charge is 0.379 e. The summed E-state index contributed by atoms with van der Waals surface area (Å²) >= 11 is 0. The fourth-order valence-corrected chi connectivity index (χ4v) is 1.09. The Morgan fingerprint density at radius 1 is 1.00 bits per heavy atom. The van der Waals surface area contributed by atoms with Gasteiger partial charge in [0.25, 0.3) is 0 Å². The Morgan fingerprint density at radius 3 is 2.25 bits per heavy atom. The molecule has 0 aromatic heterocycles. The molecule has 0 amide bonds. The zero-order valence-electron chi connectivity index (χ0n) is 11.0. The molecule has 0 aliphatic heterocycles. The smallest absolute Gasteiger partial charge is 0.0704 e. The first-order valence-corrected chi connectivity index (χ1v) is 6.04. The van der Waals surface area contributed by atoms with Gasteiger partial charge < -0.3 is 14.2 Å². The van der Waals surface area contributed by atoms with Crippen LogP contribution in [-0.4, -0.2) is 39.1 Å². The molecular formula is C13H26O3.